The van der Waals surface area contributed by atoms with Gasteiger partial charge in [0.05, 0.1) is 13.0 Å². The maximum Gasteiger partial charge on any atom is 0.336 e. The molecule has 0 amide bonds. The Kier molecular flexibility index (Phi) is 4.93. The first kappa shape index (κ1) is 13.6. The maximum atomic E-state index is 11.0. The number of ether oxygens (including phenoxy) is 1. The third-order valence-electron chi connectivity index (χ3n) is 1.68. The second-order valence-corrected chi connectivity index (χ2v) is 3.20. The van der Waals surface area contributed by atoms with Gasteiger partial charge in [0.15, 0.2) is 5.60 Å². The van der Waals surface area contributed by atoms with Crippen LogP contribution in [0.25, 0.3) is 0 Å². The van der Waals surface area contributed by atoms with Crippen LogP contribution in [0.1, 0.15) is 26.7 Å². The number of ketones is 1. The van der Waals surface area contributed by atoms with Crippen LogP contribution in [0.15, 0.2) is 0 Å². The molecule has 6 heteroatoms. The molecular formula is C9H14O6. The Morgan fingerprint density at radius 3 is 2.13 bits per heavy atom. The number of aliphatic carboxylic acids is 1. The number of rotatable bonds is 6. The highest BCUT2D eigenvalue weighted by Gasteiger charge is 2.40. The number of Topliss-reactive ketones (excluding diaryl/α,β-unsaturated/α-hetero) is 1. The van der Waals surface area contributed by atoms with E-state index in [9.17, 15) is 19.5 Å². The molecular weight excluding hydrogens is 204 g/mol. The molecule has 0 fully saturated rings. The van der Waals surface area contributed by atoms with Gasteiger partial charge in [-0.05, 0) is 13.8 Å². The van der Waals surface area contributed by atoms with Crippen molar-refractivity contribution in [3.8, 4) is 0 Å². The fourth-order valence-corrected chi connectivity index (χ4v) is 1.08. The lowest BCUT2D eigenvalue weighted by Gasteiger charge is -2.20. The van der Waals surface area contributed by atoms with Gasteiger partial charge in [0.1, 0.15) is 5.78 Å². The predicted octanol–water partition coefficient (Wildman–Crippen LogP) is -0.266. The van der Waals surface area contributed by atoms with Gasteiger partial charge in [-0.3, -0.25) is 9.59 Å². The highest BCUT2D eigenvalue weighted by atomic mass is 16.5. The quantitative estimate of drug-likeness (QED) is 0.595. The number of hydrogen-bond donors (Lipinski definition) is 2. The van der Waals surface area contributed by atoms with E-state index >= 15 is 0 Å². The van der Waals surface area contributed by atoms with Crippen molar-refractivity contribution in [3.05, 3.63) is 0 Å². The SMILES string of the molecule is CCOC(=O)CC(O)(CC(C)=O)C(=O)O. The summed E-state index contributed by atoms with van der Waals surface area (Å²) in [5, 5.41) is 18.2. The minimum atomic E-state index is -2.36. The molecule has 0 bridgehead atoms. The Morgan fingerprint density at radius 2 is 1.80 bits per heavy atom. The summed E-state index contributed by atoms with van der Waals surface area (Å²) in [6.07, 6.45) is -1.34. The van der Waals surface area contributed by atoms with Crippen molar-refractivity contribution in [2.45, 2.75) is 32.3 Å². The smallest absolute Gasteiger partial charge is 0.336 e. The summed E-state index contributed by atoms with van der Waals surface area (Å²) in [6.45, 7) is 2.79. The minimum Gasteiger partial charge on any atom is -0.479 e. The van der Waals surface area contributed by atoms with Gasteiger partial charge in [-0.25, -0.2) is 4.79 Å². The molecule has 0 aromatic carbocycles. The Labute approximate surface area is 86.8 Å². The van der Waals surface area contributed by atoms with Gasteiger partial charge in [-0.1, -0.05) is 0 Å². The van der Waals surface area contributed by atoms with Crippen molar-refractivity contribution in [1.29, 1.82) is 0 Å². The molecule has 1 atom stereocenters. The molecule has 0 aliphatic carbocycles. The Morgan fingerprint density at radius 1 is 1.27 bits per heavy atom. The summed E-state index contributed by atoms with van der Waals surface area (Å²) in [6, 6.07) is 0. The van der Waals surface area contributed by atoms with Crippen LogP contribution in [-0.4, -0.2) is 40.1 Å². The Hall–Kier alpha value is -1.43. The van der Waals surface area contributed by atoms with E-state index in [0.717, 1.165) is 6.92 Å². The monoisotopic (exact) mass is 218 g/mol. The highest BCUT2D eigenvalue weighted by Crippen LogP contribution is 2.17. The number of hydrogen-bond acceptors (Lipinski definition) is 5. The lowest BCUT2D eigenvalue weighted by Crippen LogP contribution is -2.42. The fourth-order valence-electron chi connectivity index (χ4n) is 1.08. The third-order valence-corrected chi connectivity index (χ3v) is 1.68. The fraction of sp³-hybridized carbons (Fsp3) is 0.667. The zero-order valence-electron chi connectivity index (χ0n) is 8.65. The van der Waals surface area contributed by atoms with E-state index in [2.05, 4.69) is 4.74 Å². The first-order chi connectivity index (χ1) is 6.81. The number of carboxylic acids is 1. The van der Waals surface area contributed by atoms with E-state index in [1.807, 2.05) is 0 Å². The number of carboxylic acid groups (broad SMARTS) is 1. The highest BCUT2D eigenvalue weighted by molar-refractivity contribution is 5.90. The van der Waals surface area contributed by atoms with E-state index in [-0.39, 0.29) is 6.61 Å². The molecule has 0 radical (unpaired) electrons. The molecule has 0 saturated heterocycles. The van der Waals surface area contributed by atoms with Crippen LogP contribution in [0.5, 0.6) is 0 Å². The number of aliphatic hydroxyl groups is 1. The summed E-state index contributed by atoms with van der Waals surface area (Å²) in [5.41, 5.74) is -2.36. The topological polar surface area (TPSA) is 101 Å². The molecule has 0 aliphatic rings. The summed E-state index contributed by atoms with van der Waals surface area (Å²) < 4.78 is 4.50. The van der Waals surface area contributed by atoms with Crippen LogP contribution in [0, 0.1) is 0 Å². The van der Waals surface area contributed by atoms with Gasteiger partial charge in [0.2, 0.25) is 0 Å². The molecule has 15 heavy (non-hydrogen) atoms. The van der Waals surface area contributed by atoms with E-state index in [1.54, 1.807) is 6.92 Å². The predicted molar refractivity (Wildman–Crippen MR) is 49.1 cm³/mol. The van der Waals surface area contributed by atoms with E-state index in [4.69, 9.17) is 5.11 Å². The van der Waals surface area contributed by atoms with Gasteiger partial charge in [-0.2, -0.15) is 0 Å². The van der Waals surface area contributed by atoms with Crippen LogP contribution >= 0.6 is 0 Å². The van der Waals surface area contributed by atoms with Crippen molar-refractivity contribution in [1.82, 2.24) is 0 Å². The number of carbonyl (C=O) groups excluding carboxylic acids is 2. The standard InChI is InChI=1S/C9H14O6/c1-3-15-7(11)5-9(14,8(12)13)4-6(2)10/h14H,3-5H2,1-2H3,(H,12,13). The average molecular weight is 218 g/mol. The maximum absolute atomic E-state index is 11.0. The lowest BCUT2D eigenvalue weighted by molar-refractivity contribution is -0.168. The molecule has 0 saturated carbocycles. The van der Waals surface area contributed by atoms with Crippen LogP contribution in [-0.2, 0) is 19.1 Å². The van der Waals surface area contributed by atoms with Crippen molar-refractivity contribution in [2.75, 3.05) is 6.61 Å². The van der Waals surface area contributed by atoms with Crippen molar-refractivity contribution < 1.29 is 29.3 Å². The molecule has 0 aromatic heterocycles. The van der Waals surface area contributed by atoms with Crippen molar-refractivity contribution in [2.24, 2.45) is 0 Å². The molecule has 0 rings (SSSR count). The lowest BCUT2D eigenvalue weighted by atomic mass is 9.94. The summed E-state index contributed by atoms with van der Waals surface area (Å²) >= 11 is 0. The second kappa shape index (κ2) is 5.45. The average Bonchev–Trinajstić information content (AvgIpc) is 2.01. The zero-order valence-corrected chi connectivity index (χ0v) is 8.65. The largest absolute Gasteiger partial charge is 0.479 e. The minimum absolute atomic E-state index is 0.0919. The summed E-state index contributed by atoms with van der Waals surface area (Å²) in [5.74, 6) is -2.96. The molecule has 86 valence electrons. The third kappa shape index (κ3) is 4.55. The molecule has 6 nitrogen and oxygen atoms in total. The Balaban J connectivity index is 4.58. The van der Waals surface area contributed by atoms with Gasteiger partial charge >= 0.3 is 11.9 Å². The van der Waals surface area contributed by atoms with E-state index in [1.165, 1.54) is 0 Å². The van der Waals surface area contributed by atoms with Crippen LogP contribution in [0.4, 0.5) is 0 Å². The van der Waals surface area contributed by atoms with E-state index < -0.39 is 36.2 Å². The second-order valence-electron chi connectivity index (χ2n) is 3.20. The number of esters is 1. The molecule has 0 aromatic rings. The Bertz CT molecular complexity index is 272. The molecule has 0 aliphatic heterocycles. The first-order valence-corrected chi connectivity index (χ1v) is 4.42. The van der Waals surface area contributed by atoms with Gasteiger partial charge in [0.25, 0.3) is 0 Å². The van der Waals surface area contributed by atoms with Crippen molar-refractivity contribution in [3.63, 3.8) is 0 Å². The molecule has 1 unspecified atom stereocenters. The summed E-state index contributed by atoms with van der Waals surface area (Å²) in [7, 11) is 0. The van der Waals surface area contributed by atoms with Gasteiger partial charge in [-0.15, -0.1) is 0 Å². The van der Waals surface area contributed by atoms with Crippen LogP contribution in [0.2, 0.25) is 0 Å². The molecule has 0 heterocycles. The zero-order chi connectivity index (χ0) is 12.1. The van der Waals surface area contributed by atoms with Crippen LogP contribution < -0.4 is 0 Å². The van der Waals surface area contributed by atoms with E-state index in [0.29, 0.717) is 0 Å². The molecule has 0 spiro atoms. The normalized spacial score (nSPS) is 14.1. The number of carbonyl (C=O) groups is 3. The first-order valence-electron chi connectivity index (χ1n) is 4.42. The van der Waals surface area contributed by atoms with Crippen molar-refractivity contribution >= 4 is 17.7 Å². The van der Waals surface area contributed by atoms with Gasteiger partial charge < -0.3 is 14.9 Å². The molecule has 2 N–H and O–H groups in total. The summed E-state index contributed by atoms with van der Waals surface area (Å²) in [4.78, 5) is 32.4. The van der Waals surface area contributed by atoms with Gasteiger partial charge in [0, 0.05) is 6.42 Å². The van der Waals surface area contributed by atoms with Crippen LogP contribution in [0.3, 0.4) is 0 Å².